The number of amides is 1. The highest BCUT2D eigenvalue weighted by Crippen LogP contribution is 2.16. The normalized spacial score (nSPS) is 19.6. The number of hydrogen-bond acceptors (Lipinski definition) is 3. The molecule has 0 saturated carbocycles. The molecule has 0 bridgehead atoms. The third kappa shape index (κ3) is 3.78. The van der Waals surface area contributed by atoms with Gasteiger partial charge in [0.05, 0.1) is 6.54 Å². The maximum atomic E-state index is 12.0. The molecule has 1 aliphatic rings. The number of nitrogens with one attached hydrogen (secondary N) is 1. The maximum absolute atomic E-state index is 12.0. The zero-order valence-corrected chi connectivity index (χ0v) is 11.6. The topological polar surface area (TPSA) is 58.4 Å². The molecule has 2 rings (SSSR count). The highest BCUT2D eigenvalue weighted by Gasteiger charge is 2.24. The van der Waals surface area contributed by atoms with Crippen molar-refractivity contribution < 1.29 is 4.79 Å². The Labute approximate surface area is 115 Å². The van der Waals surface area contributed by atoms with Crippen LogP contribution < -0.4 is 11.1 Å². The van der Waals surface area contributed by atoms with Crippen LogP contribution in [0.3, 0.4) is 0 Å². The summed E-state index contributed by atoms with van der Waals surface area (Å²) in [5.41, 5.74) is 7.83. The van der Waals surface area contributed by atoms with Crippen LogP contribution >= 0.6 is 0 Å². The Morgan fingerprint density at radius 2 is 2.37 bits per heavy atom. The van der Waals surface area contributed by atoms with Crippen LogP contribution in [0.1, 0.15) is 25.3 Å². The van der Waals surface area contributed by atoms with Crippen LogP contribution in [-0.4, -0.2) is 36.5 Å². The van der Waals surface area contributed by atoms with Crippen molar-refractivity contribution in [2.75, 3.05) is 25.0 Å². The lowest BCUT2D eigenvalue weighted by atomic mass is 10.1. The summed E-state index contributed by atoms with van der Waals surface area (Å²) in [5.74, 6) is 0.0496. The molecule has 1 heterocycles. The molecule has 4 heteroatoms. The van der Waals surface area contributed by atoms with E-state index in [4.69, 9.17) is 5.73 Å². The number of carbonyl (C=O) groups excluding carboxylic acids is 1. The Morgan fingerprint density at radius 3 is 3.11 bits per heavy atom. The second kappa shape index (κ2) is 6.68. The zero-order chi connectivity index (χ0) is 13.7. The van der Waals surface area contributed by atoms with E-state index in [0.29, 0.717) is 19.1 Å². The first kappa shape index (κ1) is 14.0. The molecule has 3 N–H and O–H groups in total. The minimum absolute atomic E-state index is 0.0496. The minimum atomic E-state index is 0.0496. The van der Waals surface area contributed by atoms with Crippen LogP contribution in [0.25, 0.3) is 0 Å². The summed E-state index contributed by atoms with van der Waals surface area (Å²) >= 11 is 0. The second-order valence-corrected chi connectivity index (χ2v) is 5.10. The van der Waals surface area contributed by atoms with Gasteiger partial charge in [-0.2, -0.15) is 0 Å². The highest BCUT2D eigenvalue weighted by molar-refractivity contribution is 5.92. The molecule has 1 saturated heterocycles. The van der Waals surface area contributed by atoms with Crippen molar-refractivity contribution in [2.24, 2.45) is 5.73 Å². The Morgan fingerprint density at radius 1 is 1.53 bits per heavy atom. The molecular formula is C15H23N3O. The first-order valence-corrected chi connectivity index (χ1v) is 7.06. The molecule has 1 unspecified atom stereocenters. The molecule has 19 heavy (non-hydrogen) atoms. The van der Waals surface area contributed by atoms with E-state index in [2.05, 4.69) is 23.2 Å². The van der Waals surface area contributed by atoms with Crippen molar-refractivity contribution in [3.8, 4) is 0 Å². The van der Waals surface area contributed by atoms with Crippen LogP contribution in [0.5, 0.6) is 0 Å². The van der Waals surface area contributed by atoms with E-state index in [1.807, 2.05) is 18.2 Å². The lowest BCUT2D eigenvalue weighted by molar-refractivity contribution is -0.117. The summed E-state index contributed by atoms with van der Waals surface area (Å²) in [5, 5.41) is 2.97. The first-order chi connectivity index (χ1) is 9.22. The maximum Gasteiger partial charge on any atom is 0.238 e. The van der Waals surface area contributed by atoms with Crippen molar-refractivity contribution >= 4 is 11.6 Å². The number of aryl methyl sites for hydroxylation is 1. The number of likely N-dealkylation sites (tertiary alicyclic amines) is 1. The third-order valence-electron chi connectivity index (χ3n) is 3.74. The van der Waals surface area contributed by atoms with Gasteiger partial charge in [-0.1, -0.05) is 19.1 Å². The fourth-order valence-electron chi connectivity index (χ4n) is 2.62. The molecule has 1 atom stereocenters. The van der Waals surface area contributed by atoms with Gasteiger partial charge in [0.15, 0.2) is 0 Å². The number of nitrogens with two attached hydrogens (primary N) is 1. The van der Waals surface area contributed by atoms with E-state index in [9.17, 15) is 4.79 Å². The molecule has 0 radical (unpaired) electrons. The Balaban J connectivity index is 1.90. The molecule has 0 aromatic heterocycles. The van der Waals surface area contributed by atoms with Crippen LogP contribution in [0.2, 0.25) is 0 Å². The van der Waals surface area contributed by atoms with Gasteiger partial charge in [0.25, 0.3) is 0 Å². The average Bonchev–Trinajstić information content (AvgIpc) is 2.86. The van der Waals surface area contributed by atoms with Crippen molar-refractivity contribution in [1.82, 2.24) is 4.90 Å². The number of nitrogens with zero attached hydrogens (tertiary/aromatic N) is 1. The molecule has 1 fully saturated rings. The lowest BCUT2D eigenvalue weighted by Gasteiger charge is -2.22. The van der Waals surface area contributed by atoms with E-state index in [-0.39, 0.29) is 5.91 Å². The summed E-state index contributed by atoms with van der Waals surface area (Å²) in [4.78, 5) is 14.2. The van der Waals surface area contributed by atoms with Crippen molar-refractivity contribution in [3.05, 3.63) is 29.8 Å². The summed E-state index contributed by atoms with van der Waals surface area (Å²) in [6.07, 6.45) is 3.22. The van der Waals surface area contributed by atoms with Gasteiger partial charge in [0.1, 0.15) is 0 Å². The van der Waals surface area contributed by atoms with Gasteiger partial charge < -0.3 is 11.1 Å². The summed E-state index contributed by atoms with van der Waals surface area (Å²) < 4.78 is 0. The van der Waals surface area contributed by atoms with Crippen molar-refractivity contribution in [2.45, 2.75) is 32.2 Å². The van der Waals surface area contributed by atoms with E-state index >= 15 is 0 Å². The minimum Gasteiger partial charge on any atom is -0.329 e. The van der Waals surface area contributed by atoms with Gasteiger partial charge in [-0.3, -0.25) is 9.69 Å². The first-order valence-electron chi connectivity index (χ1n) is 7.06. The molecule has 1 amide bonds. The second-order valence-electron chi connectivity index (χ2n) is 5.10. The zero-order valence-electron chi connectivity index (χ0n) is 11.6. The number of hydrogen-bond donors (Lipinski definition) is 2. The van der Waals surface area contributed by atoms with Crippen LogP contribution in [0.15, 0.2) is 24.3 Å². The summed E-state index contributed by atoms with van der Waals surface area (Å²) in [6, 6.07) is 8.38. The summed E-state index contributed by atoms with van der Waals surface area (Å²) in [6.45, 7) is 4.16. The number of benzene rings is 1. The molecule has 0 spiro atoms. The van der Waals surface area contributed by atoms with E-state index in [1.54, 1.807) is 0 Å². The predicted octanol–water partition coefficient (Wildman–Crippen LogP) is 1.61. The van der Waals surface area contributed by atoms with E-state index in [0.717, 1.165) is 31.5 Å². The largest absolute Gasteiger partial charge is 0.329 e. The van der Waals surface area contributed by atoms with Crippen LogP contribution in [0.4, 0.5) is 5.69 Å². The van der Waals surface area contributed by atoms with Crippen molar-refractivity contribution in [1.29, 1.82) is 0 Å². The molecule has 1 aliphatic heterocycles. The Hall–Kier alpha value is -1.39. The van der Waals surface area contributed by atoms with Crippen LogP contribution in [-0.2, 0) is 11.2 Å². The smallest absolute Gasteiger partial charge is 0.238 e. The van der Waals surface area contributed by atoms with Gasteiger partial charge in [-0.25, -0.2) is 0 Å². The Bertz CT molecular complexity index is 433. The summed E-state index contributed by atoms with van der Waals surface area (Å²) in [7, 11) is 0. The van der Waals surface area contributed by atoms with E-state index in [1.165, 1.54) is 5.56 Å². The highest BCUT2D eigenvalue weighted by atomic mass is 16.2. The predicted molar refractivity (Wildman–Crippen MR) is 78.1 cm³/mol. The SMILES string of the molecule is CCc1cccc(NC(=O)CN2CCCC2CN)c1. The van der Waals surface area contributed by atoms with E-state index < -0.39 is 0 Å². The monoisotopic (exact) mass is 261 g/mol. The number of carbonyl (C=O) groups is 1. The van der Waals surface area contributed by atoms with Gasteiger partial charge in [0, 0.05) is 18.3 Å². The molecule has 0 aliphatic carbocycles. The fourth-order valence-corrected chi connectivity index (χ4v) is 2.62. The van der Waals surface area contributed by atoms with Gasteiger partial charge in [-0.15, -0.1) is 0 Å². The third-order valence-corrected chi connectivity index (χ3v) is 3.74. The Kier molecular flexibility index (Phi) is 4.93. The average molecular weight is 261 g/mol. The van der Waals surface area contributed by atoms with Gasteiger partial charge in [-0.05, 0) is 43.5 Å². The fraction of sp³-hybridized carbons (Fsp3) is 0.533. The number of rotatable bonds is 5. The molecule has 1 aromatic carbocycles. The van der Waals surface area contributed by atoms with Crippen LogP contribution in [0, 0.1) is 0 Å². The molecule has 104 valence electrons. The standard InChI is InChI=1S/C15H23N3O/c1-2-12-5-3-6-13(9-12)17-15(19)11-18-8-4-7-14(18)10-16/h3,5-6,9,14H,2,4,7-8,10-11,16H2,1H3,(H,17,19). The molecule has 1 aromatic rings. The quantitative estimate of drug-likeness (QED) is 0.846. The van der Waals surface area contributed by atoms with Crippen molar-refractivity contribution in [3.63, 3.8) is 0 Å². The molecular weight excluding hydrogens is 238 g/mol. The van der Waals surface area contributed by atoms with Gasteiger partial charge in [0.2, 0.25) is 5.91 Å². The lowest BCUT2D eigenvalue weighted by Crippen LogP contribution is -2.40. The van der Waals surface area contributed by atoms with Gasteiger partial charge >= 0.3 is 0 Å². The number of anilines is 1. The molecule has 4 nitrogen and oxygen atoms in total.